The molecular formula is C17H26N2O2S. The van der Waals surface area contributed by atoms with E-state index in [1.54, 1.807) is 19.0 Å². The first kappa shape index (κ1) is 17.3. The van der Waals surface area contributed by atoms with Crippen LogP contribution in [0.4, 0.5) is 4.79 Å². The molecule has 1 saturated heterocycles. The molecule has 1 aromatic carbocycles. The van der Waals surface area contributed by atoms with Crippen LogP contribution >= 0.6 is 11.8 Å². The van der Waals surface area contributed by atoms with E-state index in [9.17, 15) is 4.79 Å². The lowest BCUT2D eigenvalue weighted by molar-refractivity contribution is 0.210. The number of aliphatic hydroxyl groups is 1. The van der Waals surface area contributed by atoms with Gasteiger partial charge in [-0.25, -0.2) is 0 Å². The first-order chi connectivity index (χ1) is 10.6. The summed E-state index contributed by atoms with van der Waals surface area (Å²) in [6.45, 7) is 2.39. The van der Waals surface area contributed by atoms with Crippen LogP contribution in [0.15, 0.2) is 29.2 Å². The molecule has 0 saturated carbocycles. The fourth-order valence-electron chi connectivity index (χ4n) is 2.85. The number of carbonyl (C=O) groups is 1. The van der Waals surface area contributed by atoms with Crippen molar-refractivity contribution in [3.05, 3.63) is 29.8 Å². The highest BCUT2D eigenvalue weighted by Crippen LogP contribution is 2.25. The second-order valence-electron chi connectivity index (χ2n) is 6.04. The molecule has 4 nitrogen and oxygen atoms in total. The van der Waals surface area contributed by atoms with Gasteiger partial charge in [0.1, 0.15) is 0 Å². The minimum absolute atomic E-state index is 0.0522. The van der Waals surface area contributed by atoms with Crippen LogP contribution in [0.25, 0.3) is 0 Å². The van der Waals surface area contributed by atoms with Crippen LogP contribution < -0.4 is 0 Å². The van der Waals surface area contributed by atoms with Gasteiger partial charge in [0, 0.05) is 38.2 Å². The zero-order valence-electron chi connectivity index (χ0n) is 13.5. The van der Waals surface area contributed by atoms with Crippen molar-refractivity contribution in [1.29, 1.82) is 0 Å². The number of amides is 1. The number of carbonyl (C=O) groups excluding carboxylic acids is 1. The summed E-state index contributed by atoms with van der Waals surface area (Å²) in [5, 5.41) is 9.04. The SMILES string of the molecule is CN(C)C(=O)Sc1ccc(CN2CCCC2CCCO)cc1. The summed E-state index contributed by atoms with van der Waals surface area (Å²) in [6, 6.07) is 8.90. The zero-order valence-corrected chi connectivity index (χ0v) is 14.3. The molecule has 0 spiro atoms. The van der Waals surface area contributed by atoms with Gasteiger partial charge in [0.25, 0.3) is 5.24 Å². The smallest absolute Gasteiger partial charge is 0.285 e. The molecule has 1 N–H and O–H groups in total. The van der Waals surface area contributed by atoms with Crippen LogP contribution in [0.5, 0.6) is 0 Å². The third-order valence-electron chi connectivity index (χ3n) is 4.07. The number of nitrogens with zero attached hydrogens (tertiary/aromatic N) is 2. The normalized spacial score (nSPS) is 18.6. The van der Waals surface area contributed by atoms with Crippen molar-refractivity contribution in [3.63, 3.8) is 0 Å². The van der Waals surface area contributed by atoms with Gasteiger partial charge in [-0.1, -0.05) is 12.1 Å². The van der Waals surface area contributed by atoms with Crippen LogP contribution in [0.1, 0.15) is 31.2 Å². The van der Waals surface area contributed by atoms with E-state index in [4.69, 9.17) is 5.11 Å². The highest BCUT2D eigenvalue weighted by Gasteiger charge is 2.23. The summed E-state index contributed by atoms with van der Waals surface area (Å²) >= 11 is 1.26. The van der Waals surface area contributed by atoms with E-state index in [0.29, 0.717) is 6.04 Å². The minimum atomic E-state index is 0.0522. The van der Waals surface area contributed by atoms with Crippen LogP contribution in [-0.4, -0.2) is 53.4 Å². The molecular weight excluding hydrogens is 296 g/mol. The van der Waals surface area contributed by atoms with Crippen molar-refractivity contribution in [3.8, 4) is 0 Å². The zero-order chi connectivity index (χ0) is 15.9. The molecule has 1 aliphatic heterocycles. The molecule has 0 bridgehead atoms. The van der Waals surface area contributed by atoms with Crippen molar-refractivity contribution in [2.45, 2.75) is 43.2 Å². The number of rotatable bonds is 6. The minimum Gasteiger partial charge on any atom is -0.396 e. The predicted octanol–water partition coefficient (Wildman–Crippen LogP) is 3.20. The second kappa shape index (κ2) is 8.56. The molecule has 1 atom stereocenters. The van der Waals surface area contributed by atoms with Crippen molar-refractivity contribution >= 4 is 17.0 Å². The Bertz CT molecular complexity index is 476. The topological polar surface area (TPSA) is 43.8 Å². The van der Waals surface area contributed by atoms with Gasteiger partial charge in [-0.3, -0.25) is 9.69 Å². The van der Waals surface area contributed by atoms with E-state index in [1.165, 1.54) is 30.2 Å². The average molecular weight is 322 g/mol. The summed E-state index contributed by atoms with van der Waals surface area (Å²) in [6.07, 6.45) is 4.47. The van der Waals surface area contributed by atoms with Gasteiger partial charge in [0.15, 0.2) is 0 Å². The van der Waals surface area contributed by atoms with Gasteiger partial charge in [0.05, 0.1) is 0 Å². The van der Waals surface area contributed by atoms with Gasteiger partial charge >= 0.3 is 0 Å². The van der Waals surface area contributed by atoms with E-state index < -0.39 is 0 Å². The van der Waals surface area contributed by atoms with Gasteiger partial charge in [-0.2, -0.15) is 0 Å². The molecule has 1 aromatic rings. The Hall–Kier alpha value is -1.04. The summed E-state index contributed by atoms with van der Waals surface area (Å²) in [4.78, 5) is 16.8. The quantitative estimate of drug-likeness (QED) is 0.817. The molecule has 1 heterocycles. The van der Waals surface area contributed by atoms with Gasteiger partial charge in [-0.15, -0.1) is 0 Å². The number of aliphatic hydroxyl groups excluding tert-OH is 1. The largest absolute Gasteiger partial charge is 0.396 e. The van der Waals surface area contributed by atoms with E-state index in [1.807, 2.05) is 12.1 Å². The summed E-state index contributed by atoms with van der Waals surface area (Å²) in [5.74, 6) is 0. The standard InChI is InChI=1S/C17H26N2O2S/c1-18(2)17(21)22-16-9-7-14(8-10-16)13-19-11-3-5-15(19)6-4-12-20/h7-10,15,20H,3-6,11-13H2,1-2H3. The van der Waals surface area contributed by atoms with Crippen molar-refractivity contribution in [1.82, 2.24) is 9.80 Å². The molecule has 22 heavy (non-hydrogen) atoms. The number of thioether (sulfide) groups is 1. The molecule has 1 aliphatic rings. The van der Waals surface area contributed by atoms with Gasteiger partial charge < -0.3 is 10.0 Å². The number of likely N-dealkylation sites (tertiary alicyclic amines) is 1. The Balaban J connectivity index is 1.89. The maximum atomic E-state index is 11.7. The lowest BCUT2D eigenvalue weighted by atomic mass is 10.1. The third-order valence-corrected chi connectivity index (χ3v) is 5.12. The first-order valence-electron chi connectivity index (χ1n) is 7.93. The Kier molecular flexibility index (Phi) is 6.73. The lowest BCUT2D eigenvalue weighted by Crippen LogP contribution is -2.29. The summed E-state index contributed by atoms with van der Waals surface area (Å²) in [7, 11) is 3.53. The second-order valence-corrected chi connectivity index (χ2v) is 7.06. The fourth-order valence-corrected chi connectivity index (χ4v) is 3.50. The highest BCUT2D eigenvalue weighted by atomic mass is 32.2. The van der Waals surface area contributed by atoms with Crippen LogP contribution in [0.2, 0.25) is 0 Å². The fraction of sp³-hybridized carbons (Fsp3) is 0.588. The summed E-state index contributed by atoms with van der Waals surface area (Å²) < 4.78 is 0. The maximum absolute atomic E-state index is 11.7. The average Bonchev–Trinajstić information content (AvgIpc) is 2.94. The molecule has 0 radical (unpaired) electrons. The van der Waals surface area contributed by atoms with Crippen molar-refractivity contribution in [2.75, 3.05) is 27.2 Å². The molecule has 0 aliphatic carbocycles. The Morgan fingerprint density at radius 2 is 2.09 bits per heavy atom. The first-order valence-corrected chi connectivity index (χ1v) is 8.75. The number of hydrogen-bond donors (Lipinski definition) is 1. The van der Waals surface area contributed by atoms with E-state index in [2.05, 4.69) is 17.0 Å². The van der Waals surface area contributed by atoms with Gasteiger partial charge in [0.2, 0.25) is 0 Å². The molecule has 2 rings (SSSR count). The van der Waals surface area contributed by atoms with Crippen LogP contribution in [0.3, 0.4) is 0 Å². The highest BCUT2D eigenvalue weighted by molar-refractivity contribution is 8.13. The number of hydrogen-bond acceptors (Lipinski definition) is 4. The lowest BCUT2D eigenvalue weighted by Gasteiger charge is -2.24. The van der Waals surface area contributed by atoms with E-state index in [-0.39, 0.29) is 11.8 Å². The summed E-state index contributed by atoms with van der Waals surface area (Å²) in [5.41, 5.74) is 1.29. The third kappa shape index (κ3) is 5.00. The van der Waals surface area contributed by atoms with Crippen LogP contribution in [-0.2, 0) is 6.54 Å². The van der Waals surface area contributed by atoms with Crippen molar-refractivity contribution < 1.29 is 9.90 Å². The molecule has 5 heteroatoms. The van der Waals surface area contributed by atoms with Crippen LogP contribution in [0, 0.1) is 0 Å². The predicted molar refractivity (Wildman–Crippen MR) is 91.1 cm³/mol. The molecule has 1 fully saturated rings. The Labute approximate surface area is 137 Å². The van der Waals surface area contributed by atoms with E-state index >= 15 is 0 Å². The maximum Gasteiger partial charge on any atom is 0.285 e. The molecule has 122 valence electrons. The number of benzene rings is 1. The van der Waals surface area contributed by atoms with Gasteiger partial charge in [-0.05, 0) is 61.7 Å². The van der Waals surface area contributed by atoms with E-state index in [0.717, 1.165) is 30.8 Å². The molecule has 0 aromatic heterocycles. The molecule has 1 amide bonds. The Morgan fingerprint density at radius 1 is 1.36 bits per heavy atom. The monoisotopic (exact) mass is 322 g/mol. The van der Waals surface area contributed by atoms with Crippen molar-refractivity contribution in [2.24, 2.45) is 0 Å². The molecule has 1 unspecified atom stereocenters. The Morgan fingerprint density at radius 3 is 2.73 bits per heavy atom.